The van der Waals surface area contributed by atoms with E-state index in [1.807, 2.05) is 0 Å². The van der Waals surface area contributed by atoms with Crippen molar-refractivity contribution in [1.29, 1.82) is 0 Å². The van der Waals surface area contributed by atoms with Crippen LogP contribution in [0.3, 0.4) is 0 Å². The lowest BCUT2D eigenvalue weighted by atomic mass is 10.0. The van der Waals surface area contributed by atoms with Gasteiger partial charge in [-0.05, 0) is 85.0 Å². The molecule has 0 amide bonds. The Morgan fingerprint density at radius 2 is 1.17 bits per heavy atom. The molecule has 0 saturated carbocycles. The summed E-state index contributed by atoms with van der Waals surface area (Å²) in [6.45, 7) is 7.21. The molecular weight excluding hydrogens is 625 g/mol. The van der Waals surface area contributed by atoms with Gasteiger partial charge in [0.15, 0.2) is 14.7 Å². The van der Waals surface area contributed by atoms with Crippen molar-refractivity contribution in [2.24, 2.45) is 0 Å². The standard InChI is InChI=1S/C44H43O2S2/c1-4-6-30-45-43-32-40(27-29-44(43)47-37-24-22-35(23-25-37)34-16-10-7-11-17-34)48(38-20-14-9-15-21-38)39-26-28-41(36-18-12-8-13-19-36)42(31-39)46-33(3)5-2/h7-29,31-33H,4-6,30H2,1-3H3/q+1. The molecule has 6 aromatic carbocycles. The van der Waals surface area contributed by atoms with Crippen LogP contribution in [-0.4, -0.2) is 12.7 Å². The lowest BCUT2D eigenvalue weighted by molar-refractivity contribution is 0.218. The first-order chi connectivity index (χ1) is 23.6. The van der Waals surface area contributed by atoms with Crippen molar-refractivity contribution in [2.45, 2.75) is 70.6 Å². The molecule has 0 aliphatic heterocycles. The van der Waals surface area contributed by atoms with E-state index in [9.17, 15) is 0 Å². The second-order valence-electron chi connectivity index (χ2n) is 11.8. The molecule has 2 nitrogen and oxygen atoms in total. The van der Waals surface area contributed by atoms with Crippen molar-refractivity contribution in [3.8, 4) is 33.8 Å². The monoisotopic (exact) mass is 667 g/mol. The van der Waals surface area contributed by atoms with Crippen molar-refractivity contribution < 1.29 is 9.47 Å². The molecule has 0 heterocycles. The Kier molecular flexibility index (Phi) is 11.6. The predicted octanol–water partition coefficient (Wildman–Crippen LogP) is 12.6. The fourth-order valence-electron chi connectivity index (χ4n) is 5.46. The van der Waals surface area contributed by atoms with Gasteiger partial charge in [-0.3, -0.25) is 0 Å². The highest BCUT2D eigenvalue weighted by Crippen LogP contribution is 2.42. The summed E-state index contributed by atoms with van der Waals surface area (Å²) in [5.74, 6) is 1.86. The van der Waals surface area contributed by atoms with Crippen LogP contribution in [0, 0.1) is 0 Å². The maximum absolute atomic E-state index is 6.60. The summed E-state index contributed by atoms with van der Waals surface area (Å²) in [7, 11) is -0.372. The van der Waals surface area contributed by atoms with Gasteiger partial charge in [0.1, 0.15) is 11.5 Å². The van der Waals surface area contributed by atoms with E-state index in [1.54, 1.807) is 11.8 Å². The summed E-state index contributed by atoms with van der Waals surface area (Å²) >= 11 is 1.76. The van der Waals surface area contributed by atoms with E-state index < -0.39 is 0 Å². The van der Waals surface area contributed by atoms with Crippen molar-refractivity contribution in [3.63, 3.8) is 0 Å². The molecule has 0 N–H and O–H groups in total. The van der Waals surface area contributed by atoms with Gasteiger partial charge in [-0.1, -0.05) is 123 Å². The third kappa shape index (κ3) is 8.36. The summed E-state index contributed by atoms with van der Waals surface area (Å²) < 4.78 is 13.1. The third-order valence-corrected chi connectivity index (χ3v) is 11.5. The molecule has 0 aromatic heterocycles. The topological polar surface area (TPSA) is 18.5 Å². The maximum atomic E-state index is 6.60. The smallest absolute Gasteiger partial charge is 0.170 e. The molecule has 0 fully saturated rings. The zero-order chi connectivity index (χ0) is 33.1. The van der Waals surface area contributed by atoms with Gasteiger partial charge in [0.05, 0.1) is 28.5 Å². The molecular formula is C44H43O2S2+. The van der Waals surface area contributed by atoms with Crippen LogP contribution >= 0.6 is 11.8 Å². The van der Waals surface area contributed by atoms with Gasteiger partial charge in [0.25, 0.3) is 0 Å². The first-order valence-electron chi connectivity index (χ1n) is 16.9. The van der Waals surface area contributed by atoms with E-state index in [0.29, 0.717) is 6.61 Å². The van der Waals surface area contributed by atoms with E-state index in [0.717, 1.165) is 46.8 Å². The molecule has 2 atom stereocenters. The lowest BCUT2D eigenvalue weighted by Crippen LogP contribution is -2.12. The minimum Gasteiger partial charge on any atom is -0.492 e. The van der Waals surface area contributed by atoms with Gasteiger partial charge >= 0.3 is 0 Å². The number of benzene rings is 6. The molecule has 0 bridgehead atoms. The fraction of sp³-hybridized carbons (Fsp3) is 0.182. The number of unbranched alkanes of at least 4 members (excludes halogenated alkanes) is 1. The first-order valence-corrected chi connectivity index (χ1v) is 18.9. The summed E-state index contributed by atoms with van der Waals surface area (Å²) in [5, 5.41) is 0. The largest absolute Gasteiger partial charge is 0.492 e. The summed E-state index contributed by atoms with van der Waals surface area (Å²) in [6, 6.07) is 54.3. The third-order valence-electron chi connectivity index (χ3n) is 8.25. The Labute approximate surface area is 293 Å². The van der Waals surface area contributed by atoms with Crippen LogP contribution in [0.1, 0.15) is 40.0 Å². The molecule has 242 valence electrons. The van der Waals surface area contributed by atoms with E-state index in [1.165, 1.54) is 30.7 Å². The molecule has 2 unspecified atom stereocenters. The van der Waals surface area contributed by atoms with E-state index in [4.69, 9.17) is 9.47 Å². The normalized spacial score (nSPS) is 12.3. The van der Waals surface area contributed by atoms with Gasteiger partial charge in [0, 0.05) is 22.6 Å². The van der Waals surface area contributed by atoms with Crippen LogP contribution in [0.4, 0.5) is 0 Å². The van der Waals surface area contributed by atoms with E-state index in [2.05, 4.69) is 172 Å². The van der Waals surface area contributed by atoms with E-state index in [-0.39, 0.29) is 17.0 Å². The Balaban J connectivity index is 1.39. The number of ether oxygens (including phenoxy) is 2. The van der Waals surface area contributed by atoms with Crippen LogP contribution in [0.5, 0.6) is 11.5 Å². The highest BCUT2D eigenvalue weighted by molar-refractivity contribution is 7.99. The van der Waals surface area contributed by atoms with Crippen molar-refractivity contribution in [3.05, 3.63) is 152 Å². The molecule has 0 aliphatic carbocycles. The molecule has 6 rings (SSSR count). The average molecular weight is 668 g/mol. The van der Waals surface area contributed by atoms with Crippen LogP contribution in [-0.2, 0) is 10.9 Å². The molecule has 6 aromatic rings. The van der Waals surface area contributed by atoms with Gasteiger partial charge < -0.3 is 9.47 Å². The Bertz CT molecular complexity index is 1870. The Morgan fingerprint density at radius 3 is 1.81 bits per heavy atom. The highest BCUT2D eigenvalue weighted by Gasteiger charge is 2.31. The Hall–Kier alpha value is -4.38. The summed E-state index contributed by atoms with van der Waals surface area (Å²) in [4.78, 5) is 6.01. The molecule has 0 aliphatic rings. The van der Waals surface area contributed by atoms with Crippen molar-refractivity contribution >= 4 is 22.7 Å². The van der Waals surface area contributed by atoms with Crippen LogP contribution in [0.2, 0.25) is 0 Å². The number of hydrogen-bond acceptors (Lipinski definition) is 3. The maximum Gasteiger partial charge on any atom is 0.170 e. The van der Waals surface area contributed by atoms with Crippen molar-refractivity contribution in [1.82, 2.24) is 0 Å². The minimum absolute atomic E-state index is 0.109. The molecule has 4 heteroatoms. The quantitative estimate of drug-likeness (QED) is 0.0851. The zero-order valence-corrected chi connectivity index (χ0v) is 29.6. The van der Waals surface area contributed by atoms with Gasteiger partial charge in [0.2, 0.25) is 0 Å². The van der Waals surface area contributed by atoms with Crippen molar-refractivity contribution in [2.75, 3.05) is 6.61 Å². The molecule has 48 heavy (non-hydrogen) atoms. The van der Waals surface area contributed by atoms with Crippen LogP contribution in [0.25, 0.3) is 22.3 Å². The fourth-order valence-corrected chi connectivity index (χ4v) is 8.44. The first kappa shape index (κ1) is 33.5. The summed E-state index contributed by atoms with van der Waals surface area (Å²) in [5.41, 5.74) is 4.72. The number of rotatable bonds is 14. The molecule has 0 spiro atoms. The minimum atomic E-state index is -0.372. The van der Waals surface area contributed by atoms with Gasteiger partial charge in [-0.25, -0.2) is 0 Å². The average Bonchev–Trinajstić information content (AvgIpc) is 3.14. The predicted molar refractivity (Wildman–Crippen MR) is 204 cm³/mol. The summed E-state index contributed by atoms with van der Waals surface area (Å²) in [6.07, 6.45) is 3.15. The van der Waals surface area contributed by atoms with Gasteiger partial charge in [-0.15, -0.1) is 0 Å². The molecule has 0 saturated heterocycles. The number of hydrogen-bond donors (Lipinski definition) is 0. The van der Waals surface area contributed by atoms with E-state index >= 15 is 0 Å². The second-order valence-corrected chi connectivity index (χ2v) is 14.9. The SMILES string of the molecule is CCCCOc1cc([S+](c2ccccc2)c2ccc(-c3ccccc3)c(OC(C)CC)c2)ccc1Sc1ccc(-c2ccccc2)cc1. The van der Waals surface area contributed by atoms with Gasteiger partial charge in [-0.2, -0.15) is 0 Å². The second kappa shape index (κ2) is 16.6. The molecule has 0 radical (unpaired) electrons. The Morgan fingerprint density at radius 1 is 0.583 bits per heavy atom. The van der Waals surface area contributed by atoms with Crippen LogP contribution < -0.4 is 9.47 Å². The van der Waals surface area contributed by atoms with Crippen LogP contribution in [0.15, 0.2) is 176 Å². The highest BCUT2D eigenvalue weighted by atomic mass is 32.2. The zero-order valence-electron chi connectivity index (χ0n) is 28.0. The lowest BCUT2D eigenvalue weighted by Gasteiger charge is -2.18.